The van der Waals surface area contributed by atoms with Crippen molar-refractivity contribution in [1.82, 2.24) is 0 Å². The minimum absolute atomic E-state index is 0.00826. The second-order valence-electron chi connectivity index (χ2n) is 6.13. The van der Waals surface area contributed by atoms with E-state index in [1.807, 2.05) is 30.3 Å². The van der Waals surface area contributed by atoms with Crippen molar-refractivity contribution in [1.29, 1.82) is 0 Å². The molecule has 0 bridgehead atoms. The number of amides is 1. The van der Waals surface area contributed by atoms with Gasteiger partial charge in [0.05, 0.1) is 11.3 Å². The second-order valence-corrected chi connectivity index (χ2v) is 6.13. The lowest BCUT2D eigenvalue weighted by atomic mass is 10.0. The molecule has 0 aliphatic heterocycles. The molecule has 0 saturated carbocycles. The van der Waals surface area contributed by atoms with E-state index in [0.29, 0.717) is 6.42 Å². The molecule has 0 heterocycles. The topological polar surface area (TPSA) is 66.4 Å². The number of halogens is 1. The number of carboxylic acids is 1. The molecule has 0 saturated heterocycles. The molecule has 136 valence electrons. The molecule has 4 nitrogen and oxygen atoms in total. The number of benzene rings is 3. The molecule has 3 aromatic carbocycles. The van der Waals surface area contributed by atoms with Gasteiger partial charge in [-0.1, -0.05) is 36.4 Å². The number of carboxylic acid groups (broad SMARTS) is 1. The zero-order chi connectivity index (χ0) is 19.2. The largest absolute Gasteiger partial charge is 0.478 e. The van der Waals surface area contributed by atoms with Gasteiger partial charge in [0.1, 0.15) is 5.82 Å². The van der Waals surface area contributed by atoms with Crippen LogP contribution in [0.4, 0.5) is 10.1 Å². The molecule has 0 spiro atoms. The van der Waals surface area contributed by atoms with E-state index < -0.39 is 17.7 Å². The molecule has 0 radical (unpaired) electrons. The fourth-order valence-corrected chi connectivity index (χ4v) is 2.77. The Kier molecular flexibility index (Phi) is 5.61. The standard InChI is InChI=1S/C22H18FNO3/c23-18-11-9-17(10-12-18)21(25)24-20-14-16(8-13-19(20)22(26)27)7-6-15-4-2-1-3-5-15/h1-5,8-14H,6-7H2,(H,24,25)(H,26,27). The Balaban J connectivity index is 1.80. The van der Waals surface area contributed by atoms with Crippen molar-refractivity contribution in [2.75, 3.05) is 5.32 Å². The highest BCUT2D eigenvalue weighted by molar-refractivity contribution is 6.07. The van der Waals surface area contributed by atoms with Gasteiger partial charge < -0.3 is 10.4 Å². The lowest BCUT2D eigenvalue weighted by Crippen LogP contribution is -2.15. The lowest BCUT2D eigenvalue weighted by molar-refractivity contribution is 0.0698. The molecule has 0 aromatic heterocycles. The van der Waals surface area contributed by atoms with Crippen LogP contribution in [-0.4, -0.2) is 17.0 Å². The van der Waals surface area contributed by atoms with Crippen molar-refractivity contribution in [3.8, 4) is 0 Å². The molecule has 5 heteroatoms. The second kappa shape index (κ2) is 8.27. The molecule has 0 fully saturated rings. The molecular weight excluding hydrogens is 345 g/mol. The van der Waals surface area contributed by atoms with Gasteiger partial charge in [0.2, 0.25) is 0 Å². The Morgan fingerprint density at radius 3 is 2.19 bits per heavy atom. The van der Waals surface area contributed by atoms with Crippen LogP contribution in [0.15, 0.2) is 72.8 Å². The Bertz CT molecular complexity index is 953. The van der Waals surface area contributed by atoms with E-state index >= 15 is 0 Å². The third kappa shape index (κ3) is 4.79. The van der Waals surface area contributed by atoms with Crippen LogP contribution in [-0.2, 0) is 12.8 Å². The van der Waals surface area contributed by atoms with Crippen molar-refractivity contribution in [2.24, 2.45) is 0 Å². The molecule has 0 aliphatic carbocycles. The number of carbonyl (C=O) groups is 2. The summed E-state index contributed by atoms with van der Waals surface area (Å²) >= 11 is 0. The zero-order valence-electron chi connectivity index (χ0n) is 14.5. The minimum atomic E-state index is -1.13. The predicted octanol–water partition coefficient (Wildman–Crippen LogP) is 4.56. The molecule has 0 aliphatic rings. The van der Waals surface area contributed by atoms with E-state index in [-0.39, 0.29) is 16.8 Å². The van der Waals surface area contributed by atoms with E-state index in [1.54, 1.807) is 12.1 Å². The van der Waals surface area contributed by atoms with Crippen LogP contribution in [0, 0.1) is 5.82 Å². The quantitative estimate of drug-likeness (QED) is 0.675. The molecule has 27 heavy (non-hydrogen) atoms. The number of nitrogens with one attached hydrogen (secondary N) is 1. The van der Waals surface area contributed by atoms with Crippen LogP contribution in [0.5, 0.6) is 0 Å². The third-order valence-corrected chi connectivity index (χ3v) is 4.21. The molecule has 3 rings (SSSR count). The first-order valence-electron chi connectivity index (χ1n) is 8.50. The van der Waals surface area contributed by atoms with Crippen LogP contribution in [0.25, 0.3) is 0 Å². The normalized spacial score (nSPS) is 10.4. The van der Waals surface area contributed by atoms with Gasteiger partial charge in [-0.2, -0.15) is 0 Å². The summed E-state index contributed by atoms with van der Waals surface area (Å²) in [4.78, 5) is 23.8. The summed E-state index contributed by atoms with van der Waals surface area (Å²) in [7, 11) is 0. The van der Waals surface area contributed by atoms with Crippen molar-refractivity contribution in [3.05, 3.63) is 101 Å². The molecule has 3 aromatic rings. The van der Waals surface area contributed by atoms with E-state index in [2.05, 4.69) is 5.32 Å². The Morgan fingerprint density at radius 1 is 0.852 bits per heavy atom. The Labute approximate surface area is 156 Å². The Hall–Kier alpha value is -3.47. The number of aromatic carboxylic acids is 1. The maximum absolute atomic E-state index is 13.0. The van der Waals surface area contributed by atoms with Gasteiger partial charge in [-0.05, 0) is 60.4 Å². The third-order valence-electron chi connectivity index (χ3n) is 4.21. The number of hydrogen-bond acceptors (Lipinski definition) is 2. The monoisotopic (exact) mass is 363 g/mol. The van der Waals surface area contributed by atoms with Crippen molar-refractivity contribution >= 4 is 17.6 Å². The summed E-state index contributed by atoms with van der Waals surface area (Å²) in [6, 6.07) is 19.9. The predicted molar refractivity (Wildman–Crippen MR) is 102 cm³/mol. The van der Waals surface area contributed by atoms with Crippen LogP contribution < -0.4 is 5.32 Å². The van der Waals surface area contributed by atoms with Gasteiger partial charge in [0.25, 0.3) is 5.91 Å². The fourth-order valence-electron chi connectivity index (χ4n) is 2.77. The number of aryl methyl sites for hydroxylation is 2. The molecule has 2 N–H and O–H groups in total. The van der Waals surface area contributed by atoms with Gasteiger partial charge in [-0.15, -0.1) is 0 Å². The maximum atomic E-state index is 13.0. The highest BCUT2D eigenvalue weighted by Gasteiger charge is 2.14. The smallest absolute Gasteiger partial charge is 0.337 e. The molecule has 1 amide bonds. The highest BCUT2D eigenvalue weighted by Crippen LogP contribution is 2.20. The van der Waals surface area contributed by atoms with Gasteiger partial charge in [0.15, 0.2) is 0 Å². The average molecular weight is 363 g/mol. The van der Waals surface area contributed by atoms with Crippen molar-refractivity contribution < 1.29 is 19.1 Å². The van der Waals surface area contributed by atoms with Crippen LogP contribution in [0.3, 0.4) is 0 Å². The van der Waals surface area contributed by atoms with Gasteiger partial charge in [-0.25, -0.2) is 9.18 Å². The SMILES string of the molecule is O=C(Nc1cc(CCc2ccccc2)ccc1C(=O)O)c1ccc(F)cc1. The summed E-state index contributed by atoms with van der Waals surface area (Å²) in [6.07, 6.45) is 1.52. The molecule has 0 unspecified atom stereocenters. The van der Waals surface area contributed by atoms with E-state index in [9.17, 15) is 19.1 Å². The average Bonchev–Trinajstić information content (AvgIpc) is 2.67. The first kappa shape index (κ1) is 18.3. The van der Waals surface area contributed by atoms with Crippen molar-refractivity contribution in [3.63, 3.8) is 0 Å². The molecular formula is C22H18FNO3. The maximum Gasteiger partial charge on any atom is 0.337 e. The molecule has 0 atom stereocenters. The van der Waals surface area contributed by atoms with Gasteiger partial charge in [-0.3, -0.25) is 4.79 Å². The summed E-state index contributed by atoms with van der Waals surface area (Å²) in [5.74, 6) is -2.06. The van der Waals surface area contributed by atoms with Crippen LogP contribution in [0.2, 0.25) is 0 Å². The fraction of sp³-hybridized carbons (Fsp3) is 0.0909. The summed E-state index contributed by atoms with van der Waals surface area (Å²) in [5.41, 5.74) is 2.58. The lowest BCUT2D eigenvalue weighted by Gasteiger charge is -2.11. The van der Waals surface area contributed by atoms with Crippen LogP contribution in [0.1, 0.15) is 31.8 Å². The number of carbonyl (C=O) groups excluding carboxylic acids is 1. The summed E-state index contributed by atoms with van der Waals surface area (Å²) in [6.45, 7) is 0. The van der Waals surface area contributed by atoms with Gasteiger partial charge >= 0.3 is 5.97 Å². The minimum Gasteiger partial charge on any atom is -0.478 e. The van der Waals surface area contributed by atoms with E-state index in [1.165, 1.54) is 35.9 Å². The highest BCUT2D eigenvalue weighted by atomic mass is 19.1. The van der Waals surface area contributed by atoms with Crippen LogP contribution >= 0.6 is 0 Å². The van der Waals surface area contributed by atoms with Crippen molar-refractivity contribution in [2.45, 2.75) is 12.8 Å². The Morgan fingerprint density at radius 2 is 1.52 bits per heavy atom. The number of hydrogen-bond donors (Lipinski definition) is 2. The first-order valence-corrected chi connectivity index (χ1v) is 8.50. The zero-order valence-corrected chi connectivity index (χ0v) is 14.5. The number of anilines is 1. The first-order chi connectivity index (χ1) is 13.0. The van der Waals surface area contributed by atoms with E-state index in [4.69, 9.17) is 0 Å². The number of rotatable bonds is 6. The van der Waals surface area contributed by atoms with Gasteiger partial charge in [0, 0.05) is 5.56 Å². The van der Waals surface area contributed by atoms with E-state index in [0.717, 1.165) is 12.0 Å². The summed E-state index contributed by atoms with van der Waals surface area (Å²) in [5, 5.41) is 12.0. The summed E-state index contributed by atoms with van der Waals surface area (Å²) < 4.78 is 13.0.